The number of hydrogen-bond donors (Lipinski definition) is 0. The smallest absolute Gasteiger partial charge is 0.348 e. The van der Waals surface area contributed by atoms with Crippen molar-refractivity contribution in [1.29, 1.82) is 5.26 Å². The molecule has 0 aliphatic rings. The maximum absolute atomic E-state index is 11.7. The molecule has 128 valence electrons. The number of ether oxygens (including phenoxy) is 1. The molecule has 0 saturated heterocycles. The standard InChI is InChI=1S/C21H22N2O2/c1-3-23(16-18-8-6-5-7-9-18)20-12-10-17(11-13-20)14-19(15-22)21(24)25-4-2/h5-14H,3-4,16H2,1-2H3/b19-14+. The number of hydrogen-bond acceptors (Lipinski definition) is 4. The van der Waals surface area contributed by atoms with Crippen LogP contribution in [0.15, 0.2) is 60.2 Å². The van der Waals surface area contributed by atoms with E-state index in [1.54, 1.807) is 13.0 Å². The summed E-state index contributed by atoms with van der Waals surface area (Å²) >= 11 is 0. The molecule has 4 heteroatoms. The summed E-state index contributed by atoms with van der Waals surface area (Å²) in [5.41, 5.74) is 3.15. The fourth-order valence-corrected chi connectivity index (χ4v) is 2.48. The number of nitriles is 1. The van der Waals surface area contributed by atoms with Crippen molar-refractivity contribution in [3.05, 3.63) is 71.3 Å². The van der Waals surface area contributed by atoms with Crippen LogP contribution in [-0.2, 0) is 16.1 Å². The molecule has 4 nitrogen and oxygen atoms in total. The van der Waals surface area contributed by atoms with E-state index in [1.807, 2.05) is 48.5 Å². The maximum atomic E-state index is 11.7. The molecule has 0 fully saturated rings. The summed E-state index contributed by atoms with van der Waals surface area (Å²) in [6.07, 6.45) is 1.55. The third-order valence-electron chi connectivity index (χ3n) is 3.78. The van der Waals surface area contributed by atoms with Crippen molar-refractivity contribution in [2.24, 2.45) is 0 Å². The van der Waals surface area contributed by atoms with E-state index in [9.17, 15) is 4.79 Å². The normalized spacial score (nSPS) is 10.8. The zero-order valence-corrected chi connectivity index (χ0v) is 14.6. The van der Waals surface area contributed by atoms with Gasteiger partial charge in [0.2, 0.25) is 0 Å². The Bertz CT molecular complexity index is 759. The summed E-state index contributed by atoms with van der Waals surface area (Å²) in [7, 11) is 0. The van der Waals surface area contributed by atoms with Crippen molar-refractivity contribution in [1.82, 2.24) is 0 Å². The number of carbonyl (C=O) groups is 1. The number of anilines is 1. The van der Waals surface area contributed by atoms with Crippen molar-refractivity contribution in [3.63, 3.8) is 0 Å². The topological polar surface area (TPSA) is 53.3 Å². The maximum Gasteiger partial charge on any atom is 0.348 e. The molecule has 0 aliphatic heterocycles. The molecule has 2 aromatic carbocycles. The van der Waals surface area contributed by atoms with Crippen LogP contribution < -0.4 is 4.90 Å². The van der Waals surface area contributed by atoms with E-state index >= 15 is 0 Å². The zero-order chi connectivity index (χ0) is 18.1. The minimum Gasteiger partial charge on any atom is -0.462 e. The van der Waals surface area contributed by atoms with E-state index in [2.05, 4.69) is 24.0 Å². The lowest BCUT2D eigenvalue weighted by Gasteiger charge is -2.23. The van der Waals surface area contributed by atoms with Crippen molar-refractivity contribution in [2.45, 2.75) is 20.4 Å². The quantitative estimate of drug-likeness (QED) is 0.433. The highest BCUT2D eigenvalue weighted by molar-refractivity contribution is 5.97. The van der Waals surface area contributed by atoms with E-state index in [1.165, 1.54) is 5.56 Å². The first-order valence-corrected chi connectivity index (χ1v) is 8.35. The van der Waals surface area contributed by atoms with Crippen molar-refractivity contribution >= 4 is 17.7 Å². The van der Waals surface area contributed by atoms with Crippen LogP contribution in [0.1, 0.15) is 25.0 Å². The molecule has 0 aliphatic carbocycles. The van der Waals surface area contributed by atoms with Gasteiger partial charge in [0, 0.05) is 18.8 Å². The average molecular weight is 334 g/mol. The number of carbonyl (C=O) groups excluding carboxylic acids is 1. The molecule has 2 rings (SSSR count). The molecule has 0 spiro atoms. The first-order chi connectivity index (χ1) is 12.2. The van der Waals surface area contributed by atoms with Gasteiger partial charge in [0.15, 0.2) is 0 Å². The van der Waals surface area contributed by atoms with Gasteiger partial charge < -0.3 is 9.64 Å². The Kier molecular flexibility index (Phi) is 6.79. The van der Waals surface area contributed by atoms with Crippen LogP contribution in [0.4, 0.5) is 5.69 Å². The fourth-order valence-electron chi connectivity index (χ4n) is 2.48. The molecule has 25 heavy (non-hydrogen) atoms. The second kappa shape index (κ2) is 9.29. The molecule has 0 saturated carbocycles. The monoisotopic (exact) mass is 334 g/mol. The van der Waals surface area contributed by atoms with Gasteiger partial charge in [-0.25, -0.2) is 4.79 Å². The van der Waals surface area contributed by atoms with E-state index in [-0.39, 0.29) is 12.2 Å². The van der Waals surface area contributed by atoms with Crippen LogP contribution in [0.25, 0.3) is 6.08 Å². The fraction of sp³-hybridized carbons (Fsp3) is 0.238. The van der Waals surface area contributed by atoms with Crippen molar-refractivity contribution in [3.8, 4) is 6.07 Å². The lowest BCUT2D eigenvalue weighted by atomic mass is 10.1. The van der Waals surface area contributed by atoms with E-state index < -0.39 is 5.97 Å². The van der Waals surface area contributed by atoms with Crippen LogP contribution in [-0.4, -0.2) is 19.1 Å². The Hall–Kier alpha value is -3.06. The molecule has 0 unspecified atom stereocenters. The molecule has 0 atom stereocenters. The van der Waals surface area contributed by atoms with Crippen LogP contribution in [0.5, 0.6) is 0 Å². The predicted octanol–water partition coefficient (Wildman–Crippen LogP) is 4.18. The molecular weight excluding hydrogens is 312 g/mol. The second-order valence-corrected chi connectivity index (χ2v) is 5.48. The molecule has 2 aromatic rings. The third kappa shape index (κ3) is 5.22. The summed E-state index contributed by atoms with van der Waals surface area (Å²) in [5.74, 6) is -0.590. The Balaban J connectivity index is 2.15. The van der Waals surface area contributed by atoms with Gasteiger partial charge in [0.05, 0.1) is 6.61 Å². The van der Waals surface area contributed by atoms with Gasteiger partial charge in [-0.3, -0.25) is 0 Å². The summed E-state index contributed by atoms with van der Waals surface area (Å²) in [6, 6.07) is 20.0. The van der Waals surface area contributed by atoms with Gasteiger partial charge in [-0.15, -0.1) is 0 Å². The second-order valence-electron chi connectivity index (χ2n) is 5.48. The van der Waals surface area contributed by atoms with Crippen LogP contribution in [0.3, 0.4) is 0 Å². The van der Waals surface area contributed by atoms with Gasteiger partial charge in [0.25, 0.3) is 0 Å². The van der Waals surface area contributed by atoms with Crippen molar-refractivity contribution in [2.75, 3.05) is 18.1 Å². The lowest BCUT2D eigenvalue weighted by molar-refractivity contribution is -0.137. The SMILES string of the molecule is CCOC(=O)/C(C#N)=C/c1ccc(N(CC)Cc2ccccc2)cc1. The van der Waals surface area contributed by atoms with Gasteiger partial charge in [-0.05, 0) is 43.2 Å². The number of benzene rings is 2. The van der Waals surface area contributed by atoms with Crippen LogP contribution >= 0.6 is 0 Å². The van der Waals surface area contributed by atoms with Crippen LogP contribution in [0, 0.1) is 11.3 Å². The number of rotatable bonds is 7. The van der Waals surface area contributed by atoms with Gasteiger partial charge in [-0.1, -0.05) is 42.5 Å². The first kappa shape index (κ1) is 18.3. The highest BCUT2D eigenvalue weighted by Gasteiger charge is 2.10. The number of nitrogens with zero attached hydrogens (tertiary/aromatic N) is 2. The molecule has 0 N–H and O–H groups in total. The summed E-state index contributed by atoms with van der Waals surface area (Å²) in [6.45, 7) is 5.80. The highest BCUT2D eigenvalue weighted by Crippen LogP contribution is 2.19. The number of esters is 1. The minimum absolute atomic E-state index is 0.00577. The first-order valence-electron chi connectivity index (χ1n) is 8.35. The van der Waals surface area contributed by atoms with E-state index in [0.717, 1.165) is 24.3 Å². The van der Waals surface area contributed by atoms with Crippen molar-refractivity contribution < 1.29 is 9.53 Å². The van der Waals surface area contributed by atoms with Gasteiger partial charge >= 0.3 is 5.97 Å². The van der Waals surface area contributed by atoms with Crippen LogP contribution in [0.2, 0.25) is 0 Å². The Morgan fingerprint density at radius 2 is 1.80 bits per heavy atom. The Morgan fingerprint density at radius 1 is 1.12 bits per heavy atom. The molecule has 0 bridgehead atoms. The zero-order valence-electron chi connectivity index (χ0n) is 14.6. The van der Waals surface area contributed by atoms with E-state index in [4.69, 9.17) is 10.00 Å². The molecule has 0 amide bonds. The Labute approximate surface area is 149 Å². The molecule has 0 radical (unpaired) electrons. The predicted molar refractivity (Wildman–Crippen MR) is 99.8 cm³/mol. The largest absolute Gasteiger partial charge is 0.462 e. The molecular formula is C21H22N2O2. The third-order valence-corrected chi connectivity index (χ3v) is 3.78. The van der Waals surface area contributed by atoms with Gasteiger partial charge in [0.1, 0.15) is 11.6 Å². The van der Waals surface area contributed by atoms with E-state index in [0.29, 0.717) is 0 Å². The Morgan fingerprint density at radius 3 is 2.36 bits per heavy atom. The summed E-state index contributed by atoms with van der Waals surface area (Å²) in [4.78, 5) is 13.9. The summed E-state index contributed by atoms with van der Waals surface area (Å²) in [5, 5.41) is 9.10. The molecule has 0 aromatic heterocycles. The highest BCUT2D eigenvalue weighted by atomic mass is 16.5. The summed E-state index contributed by atoms with van der Waals surface area (Å²) < 4.78 is 4.87. The minimum atomic E-state index is -0.590. The lowest BCUT2D eigenvalue weighted by Crippen LogP contribution is -2.21. The molecule has 0 heterocycles. The van der Waals surface area contributed by atoms with Gasteiger partial charge in [-0.2, -0.15) is 5.26 Å². The average Bonchev–Trinajstić information content (AvgIpc) is 2.65.